The molecule has 0 fully saturated rings. The van der Waals surface area contributed by atoms with E-state index in [9.17, 15) is 18.0 Å². The lowest BCUT2D eigenvalue weighted by Crippen LogP contribution is -2.21. The first-order valence-electron chi connectivity index (χ1n) is 10.6. The Morgan fingerprint density at radius 2 is 1.86 bits per heavy atom. The third kappa shape index (κ3) is 5.42. The summed E-state index contributed by atoms with van der Waals surface area (Å²) < 4.78 is 51.4. The topological polar surface area (TPSA) is 51.1 Å². The van der Waals surface area contributed by atoms with Gasteiger partial charge in [-0.25, -0.2) is 0 Å². The highest BCUT2D eigenvalue weighted by molar-refractivity contribution is 9.10. The van der Waals surface area contributed by atoms with E-state index in [1.807, 2.05) is 18.2 Å². The molecular formula is C26H19BrClF3N2O3. The molecule has 4 rings (SSSR count). The third-order valence-electron chi connectivity index (χ3n) is 5.37. The lowest BCUT2D eigenvalue weighted by atomic mass is 10.1. The summed E-state index contributed by atoms with van der Waals surface area (Å²) in [5.74, 6) is 0.326. The Kier molecular flexibility index (Phi) is 7.42. The Hall–Kier alpha value is -3.30. The van der Waals surface area contributed by atoms with E-state index < -0.39 is 17.6 Å². The first kappa shape index (κ1) is 25.8. The van der Waals surface area contributed by atoms with Gasteiger partial charge in [0.25, 0.3) is 5.91 Å². The molecule has 186 valence electrons. The van der Waals surface area contributed by atoms with E-state index in [0.717, 1.165) is 22.7 Å². The zero-order chi connectivity index (χ0) is 26.0. The van der Waals surface area contributed by atoms with Crippen LogP contribution in [0.2, 0.25) is 5.02 Å². The van der Waals surface area contributed by atoms with Crippen LogP contribution in [0.1, 0.15) is 23.6 Å². The van der Waals surface area contributed by atoms with E-state index >= 15 is 0 Å². The number of halogens is 5. The molecular weight excluding hydrogens is 561 g/mol. The van der Waals surface area contributed by atoms with Gasteiger partial charge in [-0.05, 0) is 70.9 Å². The van der Waals surface area contributed by atoms with Gasteiger partial charge in [-0.15, -0.1) is 0 Å². The van der Waals surface area contributed by atoms with Crippen LogP contribution in [0.4, 0.5) is 18.9 Å². The molecule has 0 spiro atoms. The number of nitrogens with zero attached hydrogens (tertiary/aromatic N) is 2. The first-order valence-corrected chi connectivity index (χ1v) is 11.8. The third-order valence-corrected chi connectivity index (χ3v) is 6.33. The fourth-order valence-corrected chi connectivity index (χ4v) is 4.33. The van der Waals surface area contributed by atoms with E-state index in [0.29, 0.717) is 32.3 Å². The van der Waals surface area contributed by atoms with Gasteiger partial charge in [0.2, 0.25) is 0 Å². The lowest BCUT2D eigenvalue weighted by molar-refractivity contribution is -0.137. The first-order chi connectivity index (χ1) is 17.1. The van der Waals surface area contributed by atoms with Crippen LogP contribution in [0.25, 0.3) is 6.08 Å². The maximum Gasteiger partial charge on any atom is 0.416 e. The molecule has 10 heteroatoms. The maximum atomic E-state index is 13.1. The van der Waals surface area contributed by atoms with Crippen LogP contribution in [-0.4, -0.2) is 18.7 Å². The number of benzene rings is 3. The van der Waals surface area contributed by atoms with Crippen molar-refractivity contribution < 1.29 is 27.4 Å². The molecule has 1 amide bonds. The standard InChI is InChI=1S/C26H19BrClF3N2O3/c1-15-20(25(34)33(32-15)19-8-5-7-18(13-19)26(29,30)31)10-16-11-21(27)24(23(12-16)35-2)36-14-17-6-3-4-9-22(17)28/h3-13H,14H2,1-2H3/b20-10+. The molecule has 0 bridgehead atoms. The number of ether oxygens (including phenoxy) is 2. The second kappa shape index (κ2) is 10.4. The zero-order valence-corrected chi connectivity index (χ0v) is 21.4. The number of amides is 1. The highest BCUT2D eigenvalue weighted by Gasteiger charge is 2.33. The van der Waals surface area contributed by atoms with Gasteiger partial charge in [-0.2, -0.15) is 23.3 Å². The number of hydrazone groups is 1. The van der Waals surface area contributed by atoms with Gasteiger partial charge in [0.05, 0.1) is 34.1 Å². The van der Waals surface area contributed by atoms with Gasteiger partial charge < -0.3 is 9.47 Å². The second-order valence-electron chi connectivity index (χ2n) is 7.82. The Morgan fingerprint density at radius 3 is 2.56 bits per heavy atom. The average molecular weight is 580 g/mol. The molecule has 5 nitrogen and oxygen atoms in total. The van der Waals surface area contributed by atoms with Gasteiger partial charge in [0, 0.05) is 10.6 Å². The molecule has 0 aromatic heterocycles. The lowest BCUT2D eigenvalue weighted by Gasteiger charge is -2.15. The van der Waals surface area contributed by atoms with Crippen LogP contribution in [0.3, 0.4) is 0 Å². The molecule has 0 aliphatic carbocycles. The van der Waals surface area contributed by atoms with E-state index in [1.165, 1.54) is 19.2 Å². The highest BCUT2D eigenvalue weighted by Crippen LogP contribution is 2.39. The normalized spacial score (nSPS) is 14.9. The van der Waals surface area contributed by atoms with Gasteiger partial charge in [0.1, 0.15) is 6.61 Å². The Labute approximate surface area is 218 Å². The van der Waals surface area contributed by atoms with Gasteiger partial charge in [-0.3, -0.25) is 4.79 Å². The number of hydrogen-bond donors (Lipinski definition) is 0. The Balaban J connectivity index is 1.60. The second-order valence-corrected chi connectivity index (χ2v) is 9.08. The minimum Gasteiger partial charge on any atom is -0.493 e. The molecule has 3 aromatic rings. The summed E-state index contributed by atoms with van der Waals surface area (Å²) in [6, 6.07) is 15.2. The molecule has 3 aromatic carbocycles. The van der Waals surface area contributed by atoms with Crippen molar-refractivity contribution in [2.24, 2.45) is 5.10 Å². The van der Waals surface area contributed by atoms with E-state index in [2.05, 4.69) is 21.0 Å². The summed E-state index contributed by atoms with van der Waals surface area (Å²) >= 11 is 9.69. The predicted molar refractivity (Wildman–Crippen MR) is 136 cm³/mol. The van der Waals surface area contributed by atoms with Crippen molar-refractivity contribution in [2.75, 3.05) is 12.1 Å². The van der Waals surface area contributed by atoms with E-state index in [1.54, 1.807) is 31.2 Å². The average Bonchev–Trinajstić information content (AvgIpc) is 3.12. The number of carbonyl (C=O) groups excluding carboxylic acids is 1. The van der Waals surface area contributed by atoms with Crippen LogP contribution in [0, 0.1) is 0 Å². The molecule has 0 saturated carbocycles. The van der Waals surface area contributed by atoms with Crippen molar-refractivity contribution in [2.45, 2.75) is 19.7 Å². The number of methoxy groups -OCH3 is 1. The fourth-order valence-electron chi connectivity index (χ4n) is 3.57. The molecule has 0 N–H and O–H groups in total. The zero-order valence-electron chi connectivity index (χ0n) is 19.1. The fraction of sp³-hybridized carbons (Fsp3) is 0.154. The van der Waals surface area contributed by atoms with Gasteiger partial charge >= 0.3 is 6.18 Å². The summed E-state index contributed by atoms with van der Waals surface area (Å²) in [7, 11) is 1.49. The monoisotopic (exact) mass is 578 g/mol. The summed E-state index contributed by atoms with van der Waals surface area (Å²) in [4.78, 5) is 13.1. The molecule has 36 heavy (non-hydrogen) atoms. The van der Waals surface area contributed by atoms with Crippen molar-refractivity contribution in [3.63, 3.8) is 0 Å². The maximum absolute atomic E-state index is 13.1. The minimum atomic E-state index is -4.53. The van der Waals surface area contributed by atoms with Crippen molar-refractivity contribution >= 4 is 50.9 Å². The molecule has 1 aliphatic rings. The number of carbonyl (C=O) groups is 1. The predicted octanol–water partition coefficient (Wildman–Crippen LogP) is 7.52. The number of alkyl halides is 3. The van der Waals surface area contributed by atoms with Crippen LogP contribution >= 0.6 is 27.5 Å². The van der Waals surface area contributed by atoms with Crippen molar-refractivity contribution in [3.05, 3.63) is 92.4 Å². The van der Waals surface area contributed by atoms with Crippen LogP contribution in [-0.2, 0) is 17.6 Å². The quantitative estimate of drug-likeness (QED) is 0.284. The molecule has 0 atom stereocenters. The van der Waals surface area contributed by atoms with Crippen LogP contribution in [0.5, 0.6) is 11.5 Å². The number of rotatable bonds is 6. The number of hydrogen-bond acceptors (Lipinski definition) is 4. The van der Waals surface area contributed by atoms with Crippen molar-refractivity contribution in [1.82, 2.24) is 0 Å². The summed E-state index contributed by atoms with van der Waals surface area (Å²) in [6.07, 6.45) is -2.94. The SMILES string of the molecule is COc1cc(/C=C2/C(=O)N(c3cccc(C(F)(F)F)c3)N=C2C)cc(Br)c1OCc1ccccc1Cl. The molecule has 1 heterocycles. The summed E-state index contributed by atoms with van der Waals surface area (Å²) in [5.41, 5.74) is 1.18. The largest absolute Gasteiger partial charge is 0.493 e. The van der Waals surface area contributed by atoms with E-state index in [4.69, 9.17) is 21.1 Å². The van der Waals surface area contributed by atoms with Gasteiger partial charge in [0.15, 0.2) is 11.5 Å². The molecule has 0 radical (unpaired) electrons. The summed E-state index contributed by atoms with van der Waals surface area (Å²) in [5, 5.41) is 5.72. The van der Waals surface area contributed by atoms with Crippen LogP contribution < -0.4 is 14.5 Å². The van der Waals surface area contributed by atoms with E-state index in [-0.39, 0.29) is 17.9 Å². The van der Waals surface area contributed by atoms with Crippen molar-refractivity contribution in [1.29, 1.82) is 0 Å². The molecule has 1 aliphatic heterocycles. The minimum absolute atomic E-state index is 0.0275. The smallest absolute Gasteiger partial charge is 0.416 e. The van der Waals surface area contributed by atoms with Gasteiger partial charge in [-0.1, -0.05) is 35.9 Å². The Morgan fingerprint density at radius 1 is 1.11 bits per heavy atom. The molecule has 0 saturated heterocycles. The van der Waals surface area contributed by atoms with Crippen molar-refractivity contribution in [3.8, 4) is 11.5 Å². The Bertz CT molecular complexity index is 1390. The molecule has 0 unspecified atom stereocenters. The number of anilines is 1. The summed E-state index contributed by atoms with van der Waals surface area (Å²) in [6.45, 7) is 1.83. The van der Waals surface area contributed by atoms with Crippen LogP contribution in [0.15, 0.2) is 75.8 Å². The highest BCUT2D eigenvalue weighted by atomic mass is 79.9.